The minimum Gasteiger partial charge on any atom is -0.468 e. The minimum atomic E-state index is -3.48. The van der Waals surface area contributed by atoms with Gasteiger partial charge in [-0.2, -0.15) is 4.99 Å². The van der Waals surface area contributed by atoms with Crippen LogP contribution >= 0.6 is 11.3 Å². The molecular formula is C21H17N3O7S2. The Hall–Kier alpha value is -3.64. The molecule has 1 aliphatic rings. The summed E-state index contributed by atoms with van der Waals surface area (Å²) in [6.45, 7) is -0.846. The molecule has 0 N–H and O–H groups in total. The first-order valence-electron chi connectivity index (χ1n) is 9.53. The second-order valence-corrected chi connectivity index (χ2v) is 10.2. The molecular weight excluding hydrogens is 470 g/mol. The van der Waals surface area contributed by atoms with Gasteiger partial charge >= 0.3 is 5.97 Å². The lowest BCUT2D eigenvalue weighted by molar-refractivity contribution is -0.141. The van der Waals surface area contributed by atoms with Gasteiger partial charge in [0.1, 0.15) is 13.1 Å². The fraction of sp³-hybridized carbons (Fsp3) is 0.190. The lowest BCUT2D eigenvalue weighted by atomic mass is 10.1. The molecule has 0 bridgehead atoms. The topological polar surface area (TPSA) is 132 Å². The van der Waals surface area contributed by atoms with E-state index in [0.29, 0.717) is 10.2 Å². The maximum atomic E-state index is 12.7. The van der Waals surface area contributed by atoms with Crippen LogP contribution in [0.1, 0.15) is 20.7 Å². The predicted octanol–water partition coefficient (Wildman–Crippen LogP) is 1.00. The Labute approximate surface area is 191 Å². The average Bonchev–Trinajstić information content (AvgIpc) is 3.22. The van der Waals surface area contributed by atoms with Crippen molar-refractivity contribution in [1.29, 1.82) is 0 Å². The summed E-state index contributed by atoms with van der Waals surface area (Å²) >= 11 is 0.997. The van der Waals surface area contributed by atoms with Crippen molar-refractivity contribution in [2.45, 2.75) is 11.4 Å². The van der Waals surface area contributed by atoms with Crippen LogP contribution in [-0.2, 0) is 30.7 Å². The van der Waals surface area contributed by atoms with Crippen LogP contribution in [0.5, 0.6) is 0 Å². The molecule has 10 nitrogen and oxygen atoms in total. The van der Waals surface area contributed by atoms with Gasteiger partial charge in [0.15, 0.2) is 14.6 Å². The number of carbonyl (C=O) groups excluding carboxylic acids is 4. The van der Waals surface area contributed by atoms with E-state index in [2.05, 4.69) is 4.99 Å². The SMILES string of the molecule is COC(=O)Cn1c(=NC(=O)CN2C(=O)c3ccccc3C2=O)sc2cc(S(C)(=O)=O)ccc21. The molecule has 3 aromatic rings. The summed E-state index contributed by atoms with van der Waals surface area (Å²) in [5.41, 5.74) is 0.905. The van der Waals surface area contributed by atoms with Gasteiger partial charge in [0, 0.05) is 6.26 Å². The molecule has 1 aliphatic heterocycles. The van der Waals surface area contributed by atoms with Gasteiger partial charge in [-0.25, -0.2) is 8.42 Å². The third kappa shape index (κ3) is 4.22. The molecule has 0 radical (unpaired) electrons. The number of methoxy groups -OCH3 is 1. The van der Waals surface area contributed by atoms with Gasteiger partial charge in [-0.05, 0) is 30.3 Å². The van der Waals surface area contributed by atoms with Gasteiger partial charge in [0.25, 0.3) is 17.7 Å². The van der Waals surface area contributed by atoms with Crippen molar-refractivity contribution >= 4 is 55.1 Å². The number of carbonyl (C=O) groups is 4. The quantitative estimate of drug-likeness (QED) is 0.387. The van der Waals surface area contributed by atoms with E-state index >= 15 is 0 Å². The molecule has 0 fully saturated rings. The second kappa shape index (κ2) is 8.37. The second-order valence-electron chi connectivity index (χ2n) is 7.20. The van der Waals surface area contributed by atoms with Crippen LogP contribution < -0.4 is 4.80 Å². The monoisotopic (exact) mass is 487 g/mol. The zero-order valence-corrected chi connectivity index (χ0v) is 19.1. The molecule has 170 valence electrons. The Morgan fingerprint density at radius 3 is 2.24 bits per heavy atom. The lowest BCUT2D eigenvalue weighted by Gasteiger charge is -2.10. The summed E-state index contributed by atoms with van der Waals surface area (Å²) in [4.78, 5) is 54.6. The minimum absolute atomic E-state index is 0.0744. The Bertz CT molecular complexity index is 1480. The fourth-order valence-electron chi connectivity index (χ4n) is 3.38. The number of amides is 3. The third-order valence-electron chi connectivity index (χ3n) is 4.99. The highest BCUT2D eigenvalue weighted by Gasteiger charge is 2.36. The van der Waals surface area contributed by atoms with Crippen molar-refractivity contribution in [3.8, 4) is 0 Å². The highest BCUT2D eigenvalue weighted by Crippen LogP contribution is 2.23. The Balaban J connectivity index is 1.73. The average molecular weight is 488 g/mol. The summed E-state index contributed by atoms with van der Waals surface area (Å²) in [5, 5.41) is 0. The number of benzene rings is 2. The molecule has 0 saturated carbocycles. The van der Waals surface area contributed by atoms with Crippen LogP contribution in [0.2, 0.25) is 0 Å². The van der Waals surface area contributed by atoms with Crippen molar-refractivity contribution in [3.63, 3.8) is 0 Å². The fourth-order valence-corrected chi connectivity index (χ4v) is 5.18. The van der Waals surface area contributed by atoms with E-state index in [4.69, 9.17) is 4.74 Å². The zero-order chi connectivity index (χ0) is 23.9. The van der Waals surface area contributed by atoms with Crippen LogP contribution in [0, 0.1) is 0 Å². The number of rotatable bonds is 5. The van der Waals surface area contributed by atoms with Crippen molar-refractivity contribution in [2.75, 3.05) is 19.9 Å². The van der Waals surface area contributed by atoms with Crippen LogP contribution in [0.25, 0.3) is 10.2 Å². The first-order chi connectivity index (χ1) is 15.6. The van der Waals surface area contributed by atoms with Gasteiger partial charge in [-0.3, -0.25) is 24.1 Å². The van der Waals surface area contributed by atoms with E-state index in [1.165, 1.54) is 42.0 Å². The molecule has 1 aromatic heterocycles. The van der Waals surface area contributed by atoms with E-state index in [9.17, 15) is 27.6 Å². The van der Waals surface area contributed by atoms with Crippen molar-refractivity contribution in [1.82, 2.24) is 9.47 Å². The molecule has 12 heteroatoms. The number of hydrogen-bond donors (Lipinski definition) is 0. The third-order valence-corrected chi connectivity index (χ3v) is 7.14. The maximum Gasteiger partial charge on any atom is 0.325 e. The highest BCUT2D eigenvalue weighted by atomic mass is 32.2. The van der Waals surface area contributed by atoms with Crippen molar-refractivity contribution in [2.24, 2.45) is 4.99 Å². The Morgan fingerprint density at radius 1 is 1.03 bits per heavy atom. The van der Waals surface area contributed by atoms with E-state index < -0.39 is 40.1 Å². The van der Waals surface area contributed by atoms with Crippen LogP contribution in [0.15, 0.2) is 52.4 Å². The summed E-state index contributed by atoms with van der Waals surface area (Å²) < 4.78 is 30.4. The van der Waals surface area contributed by atoms with Crippen LogP contribution in [0.4, 0.5) is 0 Å². The Morgan fingerprint density at radius 2 is 1.67 bits per heavy atom. The van der Waals surface area contributed by atoms with Crippen LogP contribution in [0.3, 0.4) is 0 Å². The zero-order valence-electron chi connectivity index (χ0n) is 17.5. The smallest absolute Gasteiger partial charge is 0.325 e. The molecule has 2 heterocycles. The molecule has 33 heavy (non-hydrogen) atoms. The summed E-state index contributed by atoms with van der Waals surface area (Å²) in [7, 11) is -2.26. The summed E-state index contributed by atoms with van der Waals surface area (Å²) in [6, 6.07) is 10.6. The number of thiazole rings is 1. The summed E-state index contributed by atoms with van der Waals surface area (Å²) in [6.07, 6.45) is 1.07. The van der Waals surface area contributed by atoms with Gasteiger partial charge < -0.3 is 9.30 Å². The molecule has 3 amide bonds. The van der Waals surface area contributed by atoms with E-state index in [0.717, 1.165) is 22.5 Å². The van der Waals surface area contributed by atoms with Gasteiger partial charge in [-0.1, -0.05) is 23.5 Å². The largest absolute Gasteiger partial charge is 0.468 e. The van der Waals surface area contributed by atoms with Crippen molar-refractivity contribution in [3.05, 3.63) is 58.4 Å². The molecule has 4 rings (SSSR count). The van der Waals surface area contributed by atoms with Gasteiger partial charge in [0.2, 0.25) is 0 Å². The normalized spacial score (nSPS) is 14.1. The standard InChI is InChI=1S/C21H17N3O7S2/c1-31-18(26)11-23-15-8-7-12(33(2,29)30)9-16(15)32-21(23)22-17(25)10-24-19(27)13-5-3-4-6-14(13)20(24)28/h3-9H,10-11H2,1-2H3. The maximum absolute atomic E-state index is 12.7. The number of sulfone groups is 1. The number of aromatic nitrogens is 1. The number of fused-ring (bicyclic) bond motifs is 2. The molecule has 0 saturated heterocycles. The van der Waals surface area contributed by atoms with E-state index in [1.807, 2.05) is 0 Å². The first kappa shape index (κ1) is 22.6. The molecule has 0 aliphatic carbocycles. The summed E-state index contributed by atoms with van der Waals surface area (Å²) in [5.74, 6) is -2.56. The number of esters is 1. The number of hydrogen-bond acceptors (Lipinski definition) is 8. The molecule has 0 spiro atoms. The molecule has 0 unspecified atom stereocenters. The van der Waals surface area contributed by atoms with E-state index in [-0.39, 0.29) is 27.4 Å². The van der Waals surface area contributed by atoms with E-state index in [1.54, 1.807) is 12.1 Å². The van der Waals surface area contributed by atoms with Gasteiger partial charge in [-0.15, -0.1) is 0 Å². The van der Waals surface area contributed by atoms with Crippen LogP contribution in [-0.4, -0.2) is 61.5 Å². The van der Waals surface area contributed by atoms with Gasteiger partial charge in [0.05, 0.1) is 33.3 Å². The Kier molecular flexibility index (Phi) is 5.72. The number of nitrogens with zero attached hydrogens (tertiary/aromatic N) is 3. The highest BCUT2D eigenvalue weighted by molar-refractivity contribution is 7.90. The van der Waals surface area contributed by atoms with Crippen molar-refractivity contribution < 1.29 is 32.3 Å². The lowest BCUT2D eigenvalue weighted by Crippen LogP contribution is -2.35. The first-order valence-corrected chi connectivity index (χ1v) is 12.2. The molecule has 0 atom stereocenters. The molecule has 2 aromatic carbocycles. The number of ether oxygens (including phenoxy) is 1. The number of imide groups is 1. The predicted molar refractivity (Wildman–Crippen MR) is 117 cm³/mol.